The highest BCUT2D eigenvalue weighted by Crippen LogP contribution is 2.44. The molecule has 7 heterocycles. The molecule has 4 fully saturated rings. The minimum Gasteiger partial charge on any atom is -0.464 e. The molecule has 0 spiro atoms. The van der Waals surface area contributed by atoms with E-state index in [4.69, 9.17) is 28.7 Å². The quantitative estimate of drug-likeness (QED) is 0.0730. The molecule has 7 atom stereocenters. The summed E-state index contributed by atoms with van der Waals surface area (Å²) >= 11 is 1.54. The number of likely N-dealkylation sites (tertiary alicyclic amines) is 1. The fraction of sp³-hybridized carbons (Fsp3) is 0.642. The van der Waals surface area contributed by atoms with Crippen LogP contribution in [0.15, 0.2) is 41.4 Å². The third-order valence-corrected chi connectivity index (χ3v) is 15.3. The second-order valence-electron chi connectivity index (χ2n) is 21.1. The molecular formula is C53H74F2N8O9S. The van der Waals surface area contributed by atoms with Crippen molar-refractivity contribution in [3.05, 3.63) is 58.2 Å². The predicted molar refractivity (Wildman–Crippen MR) is 273 cm³/mol. The monoisotopic (exact) mass is 1040 g/mol. The maximum Gasteiger partial charge on any atom is 0.324 e. The van der Waals surface area contributed by atoms with E-state index in [2.05, 4.69) is 63.3 Å². The molecule has 0 saturated carbocycles. The van der Waals surface area contributed by atoms with Gasteiger partial charge >= 0.3 is 12.0 Å². The van der Waals surface area contributed by atoms with Crippen LogP contribution in [0, 0.1) is 5.41 Å². The number of hydrogen-bond acceptors (Lipinski definition) is 14. The largest absolute Gasteiger partial charge is 0.464 e. The molecule has 0 aliphatic carbocycles. The Morgan fingerprint density at radius 2 is 1.86 bits per heavy atom. The Morgan fingerprint density at radius 1 is 1.04 bits per heavy atom. The molecule has 400 valence electrons. The van der Waals surface area contributed by atoms with Gasteiger partial charge in [0.1, 0.15) is 18.7 Å². The van der Waals surface area contributed by atoms with Gasteiger partial charge in [-0.1, -0.05) is 19.9 Å². The molecule has 1 aromatic carbocycles. The summed E-state index contributed by atoms with van der Waals surface area (Å²) in [7, 11) is 1.70. The minimum absolute atomic E-state index is 0.0242. The van der Waals surface area contributed by atoms with E-state index >= 15 is 0 Å². The van der Waals surface area contributed by atoms with Gasteiger partial charge in [0.15, 0.2) is 0 Å². The molecule has 3 amide bonds. The number of ether oxygens (including phenoxy) is 5. The third kappa shape index (κ3) is 13.1. The minimum atomic E-state index is -2.78. The second-order valence-corrected chi connectivity index (χ2v) is 21.8. The van der Waals surface area contributed by atoms with E-state index in [9.17, 15) is 28.3 Å². The van der Waals surface area contributed by atoms with Crippen LogP contribution in [-0.2, 0) is 46.2 Å². The molecule has 8 rings (SSSR count). The van der Waals surface area contributed by atoms with Gasteiger partial charge in [0.2, 0.25) is 0 Å². The fourth-order valence-electron chi connectivity index (χ4n) is 10.7. The van der Waals surface area contributed by atoms with E-state index in [0.29, 0.717) is 51.4 Å². The predicted octanol–water partition coefficient (Wildman–Crippen LogP) is 6.96. The number of carbonyl (C=O) groups excluding carboxylic acids is 3. The number of thiazole rings is 1. The lowest BCUT2D eigenvalue weighted by Gasteiger charge is -2.43. The number of nitrogens with one attached hydrogen (secondary N) is 2. The number of fused-ring (bicyclic) bond motifs is 2. The van der Waals surface area contributed by atoms with Crippen LogP contribution >= 0.6 is 11.3 Å². The molecule has 3 aromatic heterocycles. The first-order valence-electron chi connectivity index (χ1n) is 25.9. The molecule has 4 aliphatic rings. The Hall–Kier alpha value is -4.67. The topological polar surface area (TPSA) is 182 Å². The van der Waals surface area contributed by atoms with Gasteiger partial charge in [0.25, 0.3) is 12.3 Å². The van der Waals surface area contributed by atoms with Crippen LogP contribution in [-0.4, -0.2) is 168 Å². The SMILES string of the molecule is CO[C@@H](C)c1ncc([C@@H]2CCN3CCOCC3C2)cc1-c1c(CC(C)(C)COC(=O)[C@@H]2CCCN(C(=O)[C@H](COCC(F)F)NC(=O)N3CC[C@H]3[C@@H](C)O)N2)c2cc(-c3cscn3)ccc2n1CCOC(C)C. The Morgan fingerprint density at radius 3 is 2.58 bits per heavy atom. The molecule has 4 aliphatic heterocycles. The van der Waals surface area contributed by atoms with Gasteiger partial charge in [0.05, 0.1) is 80.0 Å². The van der Waals surface area contributed by atoms with Crippen LogP contribution in [0.4, 0.5) is 13.6 Å². The molecule has 0 bridgehead atoms. The maximum absolute atomic E-state index is 14.1. The number of pyridine rings is 1. The Labute approximate surface area is 431 Å². The molecule has 4 aromatic rings. The lowest BCUT2D eigenvalue weighted by Crippen LogP contribution is -2.64. The summed E-state index contributed by atoms with van der Waals surface area (Å²) in [5.41, 5.74) is 12.1. The van der Waals surface area contributed by atoms with Crippen molar-refractivity contribution in [2.45, 2.75) is 141 Å². The number of morpholine rings is 1. The molecule has 0 radical (unpaired) electrons. The third-order valence-electron chi connectivity index (χ3n) is 14.7. The number of methoxy groups -OCH3 is 1. The number of urea groups is 1. The van der Waals surface area contributed by atoms with Crippen molar-refractivity contribution >= 4 is 40.1 Å². The number of hydrogen-bond donors (Lipinski definition) is 3. The van der Waals surface area contributed by atoms with Crippen molar-refractivity contribution in [2.75, 3.05) is 72.9 Å². The number of alkyl halides is 2. The van der Waals surface area contributed by atoms with Crippen molar-refractivity contribution in [3.8, 4) is 22.5 Å². The number of aromatic nitrogens is 3. The fourth-order valence-corrected chi connectivity index (χ4v) is 11.3. The summed E-state index contributed by atoms with van der Waals surface area (Å²) in [6.07, 6.45) is 2.03. The zero-order valence-electron chi connectivity index (χ0n) is 43.3. The zero-order valence-corrected chi connectivity index (χ0v) is 44.1. The number of aliphatic hydroxyl groups is 1. The van der Waals surface area contributed by atoms with E-state index in [1.807, 2.05) is 37.9 Å². The van der Waals surface area contributed by atoms with Crippen LogP contribution in [0.1, 0.15) is 102 Å². The molecule has 20 heteroatoms. The van der Waals surface area contributed by atoms with E-state index in [1.54, 1.807) is 14.0 Å². The Balaban J connectivity index is 1.08. The first kappa shape index (κ1) is 54.6. The van der Waals surface area contributed by atoms with E-state index in [-0.39, 0.29) is 31.3 Å². The van der Waals surface area contributed by atoms with E-state index in [0.717, 1.165) is 83.8 Å². The standard InChI is InChI=1S/C53H74F2N8O9S/c1-32(2)71-20-18-61-46-11-10-36(44-29-73-31-57-44)22-39(46)41(49(61)40-23-37(25-56-48(40)34(4)68-7)35-12-15-60-17-19-69-26-38(60)21-35)24-53(5,6)30-72-51(66)42-9-8-14-63(59-42)50(65)43(27-70-28-47(54)55)58-52(67)62-16-13-45(62)33(3)64/h10-11,22-23,25,29,31-35,38,42-43,45,47,59,64H,8-9,12-21,24,26-28,30H2,1-7H3,(H,58,67)/t33-,34+,35-,38?,42+,43+,45+/m1/s1. The second kappa shape index (κ2) is 24.3. The van der Waals surface area contributed by atoms with Crippen molar-refractivity contribution in [1.29, 1.82) is 0 Å². The molecule has 1 unspecified atom stereocenters. The van der Waals surface area contributed by atoms with Crippen LogP contribution in [0.5, 0.6) is 0 Å². The number of nitrogens with zero attached hydrogens (tertiary/aromatic N) is 6. The van der Waals surface area contributed by atoms with Crippen LogP contribution in [0.25, 0.3) is 33.4 Å². The van der Waals surface area contributed by atoms with Gasteiger partial charge in [-0.3, -0.25) is 24.5 Å². The van der Waals surface area contributed by atoms with Gasteiger partial charge in [-0.05, 0) is 108 Å². The first-order valence-corrected chi connectivity index (χ1v) is 26.8. The highest BCUT2D eigenvalue weighted by Gasteiger charge is 2.40. The zero-order chi connectivity index (χ0) is 52.0. The summed E-state index contributed by atoms with van der Waals surface area (Å²) in [6, 6.07) is 5.87. The highest BCUT2D eigenvalue weighted by atomic mass is 32.1. The van der Waals surface area contributed by atoms with Crippen molar-refractivity contribution < 1.29 is 52.0 Å². The smallest absolute Gasteiger partial charge is 0.324 e. The number of carbonyl (C=O) groups is 3. The van der Waals surface area contributed by atoms with Crippen LogP contribution in [0.3, 0.4) is 0 Å². The number of halogens is 2. The Kier molecular flexibility index (Phi) is 18.2. The Bertz CT molecular complexity index is 2510. The number of esters is 1. The molecule has 3 N–H and O–H groups in total. The molecule has 4 saturated heterocycles. The lowest BCUT2D eigenvalue weighted by atomic mass is 9.82. The molecule has 73 heavy (non-hydrogen) atoms. The summed E-state index contributed by atoms with van der Waals surface area (Å²) in [4.78, 5) is 55.1. The number of piperidine rings is 1. The lowest BCUT2D eigenvalue weighted by molar-refractivity contribution is -0.155. The summed E-state index contributed by atoms with van der Waals surface area (Å²) in [5, 5.41) is 17.0. The number of rotatable bonds is 21. The van der Waals surface area contributed by atoms with Crippen molar-refractivity contribution in [1.82, 2.24) is 40.1 Å². The summed E-state index contributed by atoms with van der Waals surface area (Å²) < 4.78 is 58.1. The van der Waals surface area contributed by atoms with Gasteiger partial charge < -0.3 is 43.6 Å². The number of amides is 3. The van der Waals surface area contributed by atoms with E-state index in [1.165, 1.54) is 26.8 Å². The average molecular weight is 1040 g/mol. The summed E-state index contributed by atoms with van der Waals surface area (Å²) in [6.45, 7) is 15.4. The number of benzene rings is 1. The number of aliphatic hydroxyl groups excluding tert-OH is 1. The first-order chi connectivity index (χ1) is 35.0. The van der Waals surface area contributed by atoms with Gasteiger partial charge in [-0.2, -0.15) is 0 Å². The van der Waals surface area contributed by atoms with Crippen LogP contribution < -0.4 is 10.7 Å². The highest BCUT2D eigenvalue weighted by molar-refractivity contribution is 7.07. The van der Waals surface area contributed by atoms with Crippen molar-refractivity contribution in [2.24, 2.45) is 5.41 Å². The van der Waals surface area contributed by atoms with Gasteiger partial charge in [-0.15, -0.1) is 11.3 Å². The molecular weight excluding hydrogens is 963 g/mol. The van der Waals surface area contributed by atoms with Gasteiger partial charge in [-0.25, -0.2) is 24.0 Å². The summed E-state index contributed by atoms with van der Waals surface area (Å²) in [5.74, 6) is -0.915. The van der Waals surface area contributed by atoms with Gasteiger partial charge in [0, 0.05) is 78.4 Å². The maximum atomic E-state index is 14.1. The van der Waals surface area contributed by atoms with E-state index < -0.39 is 67.2 Å². The van der Waals surface area contributed by atoms with Crippen LogP contribution in [0.2, 0.25) is 0 Å². The molecule has 17 nitrogen and oxygen atoms in total. The normalized spacial score (nSPS) is 22.0. The van der Waals surface area contributed by atoms with Crippen molar-refractivity contribution in [3.63, 3.8) is 0 Å². The average Bonchev–Trinajstić information content (AvgIpc) is 4.00. The number of hydrazine groups is 1.